The molecular formula is C19H24N2O4. The number of piperidine rings is 1. The maximum absolute atomic E-state index is 12.6. The van der Waals surface area contributed by atoms with E-state index in [1.54, 1.807) is 9.80 Å². The van der Waals surface area contributed by atoms with Gasteiger partial charge in [0.05, 0.1) is 11.8 Å². The topological polar surface area (TPSA) is 77.9 Å². The van der Waals surface area contributed by atoms with Gasteiger partial charge in [-0.15, -0.1) is 0 Å². The van der Waals surface area contributed by atoms with Crippen LogP contribution in [0, 0.1) is 11.8 Å². The van der Waals surface area contributed by atoms with E-state index in [0.29, 0.717) is 39.0 Å². The molecule has 2 saturated heterocycles. The number of aliphatic carboxylic acids is 1. The van der Waals surface area contributed by atoms with Crippen molar-refractivity contribution in [1.29, 1.82) is 0 Å². The van der Waals surface area contributed by atoms with Crippen LogP contribution in [0.25, 0.3) is 0 Å². The molecule has 2 heterocycles. The van der Waals surface area contributed by atoms with Crippen molar-refractivity contribution in [3.63, 3.8) is 0 Å². The van der Waals surface area contributed by atoms with Gasteiger partial charge >= 0.3 is 5.97 Å². The number of rotatable bonds is 5. The second-order valence-electron chi connectivity index (χ2n) is 6.91. The molecule has 0 radical (unpaired) electrons. The number of carbonyl (C=O) groups is 3. The van der Waals surface area contributed by atoms with Crippen LogP contribution >= 0.6 is 0 Å². The van der Waals surface area contributed by atoms with E-state index in [0.717, 1.165) is 6.42 Å². The molecule has 2 amide bonds. The quantitative estimate of drug-likeness (QED) is 0.876. The molecular weight excluding hydrogens is 320 g/mol. The second kappa shape index (κ2) is 7.68. The molecule has 1 aromatic carbocycles. The molecule has 25 heavy (non-hydrogen) atoms. The van der Waals surface area contributed by atoms with Crippen LogP contribution in [0.15, 0.2) is 30.3 Å². The third kappa shape index (κ3) is 4.18. The minimum Gasteiger partial charge on any atom is -0.481 e. The third-order valence-electron chi connectivity index (χ3n) is 5.23. The zero-order valence-electron chi connectivity index (χ0n) is 14.3. The first-order chi connectivity index (χ1) is 12.0. The Morgan fingerprint density at radius 1 is 1.08 bits per heavy atom. The summed E-state index contributed by atoms with van der Waals surface area (Å²) < 4.78 is 0. The fourth-order valence-electron chi connectivity index (χ4n) is 3.67. The Labute approximate surface area is 147 Å². The predicted octanol–water partition coefficient (Wildman–Crippen LogP) is 1.40. The van der Waals surface area contributed by atoms with Gasteiger partial charge in [-0.25, -0.2) is 0 Å². The fourth-order valence-corrected chi connectivity index (χ4v) is 3.67. The summed E-state index contributed by atoms with van der Waals surface area (Å²) >= 11 is 0. The van der Waals surface area contributed by atoms with Gasteiger partial charge in [0, 0.05) is 32.6 Å². The summed E-state index contributed by atoms with van der Waals surface area (Å²) in [5.74, 6) is -1.38. The predicted molar refractivity (Wildman–Crippen MR) is 91.8 cm³/mol. The van der Waals surface area contributed by atoms with Gasteiger partial charge in [-0.3, -0.25) is 14.4 Å². The Morgan fingerprint density at radius 3 is 2.40 bits per heavy atom. The largest absolute Gasteiger partial charge is 0.481 e. The lowest BCUT2D eigenvalue weighted by Gasteiger charge is -2.31. The monoisotopic (exact) mass is 344 g/mol. The highest BCUT2D eigenvalue weighted by Crippen LogP contribution is 2.24. The van der Waals surface area contributed by atoms with Gasteiger partial charge in [0.25, 0.3) is 0 Å². The van der Waals surface area contributed by atoms with Crippen molar-refractivity contribution in [2.75, 3.05) is 26.2 Å². The maximum atomic E-state index is 12.6. The van der Waals surface area contributed by atoms with Gasteiger partial charge in [-0.2, -0.15) is 0 Å². The van der Waals surface area contributed by atoms with E-state index in [-0.39, 0.29) is 30.1 Å². The number of hydrogen-bond acceptors (Lipinski definition) is 3. The standard InChI is InChI=1S/C19H24N2O4/c22-17-12-16(13-21(17)9-6-14-4-2-1-3-5-14)18(23)20-10-7-15(8-11-20)19(24)25/h1-5,15-16H,6-13H2,(H,24,25)/t16-/m1/s1. The number of benzene rings is 1. The summed E-state index contributed by atoms with van der Waals surface area (Å²) in [5, 5.41) is 9.04. The van der Waals surface area contributed by atoms with Crippen molar-refractivity contribution < 1.29 is 19.5 Å². The second-order valence-corrected chi connectivity index (χ2v) is 6.91. The van der Waals surface area contributed by atoms with Crippen molar-refractivity contribution >= 4 is 17.8 Å². The van der Waals surface area contributed by atoms with E-state index < -0.39 is 5.97 Å². The van der Waals surface area contributed by atoms with E-state index in [1.807, 2.05) is 30.3 Å². The molecule has 1 aromatic rings. The van der Waals surface area contributed by atoms with Crippen LogP contribution in [0.4, 0.5) is 0 Å². The molecule has 1 atom stereocenters. The zero-order chi connectivity index (χ0) is 17.8. The van der Waals surface area contributed by atoms with Crippen LogP contribution in [0.5, 0.6) is 0 Å². The Hall–Kier alpha value is -2.37. The number of hydrogen-bond donors (Lipinski definition) is 1. The summed E-state index contributed by atoms with van der Waals surface area (Å²) in [5.41, 5.74) is 1.18. The average Bonchev–Trinajstić information content (AvgIpc) is 3.01. The molecule has 0 aliphatic carbocycles. The molecule has 0 spiro atoms. The highest BCUT2D eigenvalue weighted by Gasteiger charge is 2.37. The summed E-state index contributed by atoms with van der Waals surface area (Å²) in [6, 6.07) is 10.0. The van der Waals surface area contributed by atoms with Crippen molar-refractivity contribution in [2.45, 2.75) is 25.7 Å². The summed E-state index contributed by atoms with van der Waals surface area (Å²) in [7, 11) is 0. The maximum Gasteiger partial charge on any atom is 0.306 e. The number of carboxylic acids is 1. The van der Waals surface area contributed by atoms with Crippen molar-refractivity contribution in [1.82, 2.24) is 9.80 Å². The molecule has 0 saturated carbocycles. The van der Waals surface area contributed by atoms with Gasteiger partial charge in [0.2, 0.25) is 11.8 Å². The number of nitrogens with zero attached hydrogens (tertiary/aromatic N) is 2. The molecule has 134 valence electrons. The summed E-state index contributed by atoms with van der Waals surface area (Å²) in [4.78, 5) is 39.4. The first-order valence-electron chi connectivity index (χ1n) is 8.88. The lowest BCUT2D eigenvalue weighted by molar-refractivity contribution is -0.146. The Balaban J connectivity index is 1.50. The van der Waals surface area contributed by atoms with Gasteiger partial charge in [0.1, 0.15) is 0 Å². The van der Waals surface area contributed by atoms with Gasteiger partial charge in [-0.1, -0.05) is 30.3 Å². The fraction of sp³-hybridized carbons (Fsp3) is 0.526. The smallest absolute Gasteiger partial charge is 0.306 e. The van der Waals surface area contributed by atoms with Crippen LogP contribution in [0.3, 0.4) is 0 Å². The van der Waals surface area contributed by atoms with Crippen LogP contribution in [0.1, 0.15) is 24.8 Å². The molecule has 6 heteroatoms. The SMILES string of the molecule is O=C(O)C1CCN(C(=O)[C@@H]2CC(=O)N(CCc3ccccc3)C2)CC1. The van der Waals surface area contributed by atoms with Gasteiger partial charge < -0.3 is 14.9 Å². The molecule has 0 aromatic heterocycles. The lowest BCUT2D eigenvalue weighted by Crippen LogP contribution is -2.43. The van der Waals surface area contributed by atoms with E-state index >= 15 is 0 Å². The van der Waals surface area contributed by atoms with Crippen LogP contribution < -0.4 is 0 Å². The third-order valence-corrected chi connectivity index (χ3v) is 5.23. The highest BCUT2D eigenvalue weighted by atomic mass is 16.4. The average molecular weight is 344 g/mol. The molecule has 6 nitrogen and oxygen atoms in total. The Kier molecular flexibility index (Phi) is 5.36. The van der Waals surface area contributed by atoms with E-state index in [1.165, 1.54) is 5.56 Å². The van der Waals surface area contributed by atoms with Crippen molar-refractivity contribution in [2.24, 2.45) is 11.8 Å². The minimum atomic E-state index is -0.782. The zero-order valence-corrected chi connectivity index (χ0v) is 14.3. The summed E-state index contributed by atoms with van der Waals surface area (Å²) in [6.45, 7) is 2.06. The van der Waals surface area contributed by atoms with Crippen LogP contribution in [-0.2, 0) is 20.8 Å². The highest BCUT2D eigenvalue weighted by molar-refractivity contribution is 5.89. The van der Waals surface area contributed by atoms with E-state index in [2.05, 4.69) is 0 Å². The summed E-state index contributed by atoms with van der Waals surface area (Å²) in [6.07, 6.45) is 2.06. The number of carbonyl (C=O) groups excluding carboxylic acids is 2. The normalized spacial score (nSPS) is 21.6. The first-order valence-corrected chi connectivity index (χ1v) is 8.88. The van der Waals surface area contributed by atoms with Crippen LogP contribution in [-0.4, -0.2) is 58.9 Å². The number of likely N-dealkylation sites (tertiary alicyclic amines) is 2. The van der Waals surface area contributed by atoms with E-state index in [9.17, 15) is 14.4 Å². The molecule has 3 rings (SSSR count). The van der Waals surface area contributed by atoms with Gasteiger partial charge in [0.15, 0.2) is 0 Å². The van der Waals surface area contributed by atoms with Crippen LogP contribution in [0.2, 0.25) is 0 Å². The molecule has 1 N–H and O–H groups in total. The molecule has 0 unspecified atom stereocenters. The molecule has 2 aliphatic rings. The van der Waals surface area contributed by atoms with Crippen molar-refractivity contribution in [3.05, 3.63) is 35.9 Å². The minimum absolute atomic E-state index is 0.000556. The van der Waals surface area contributed by atoms with Gasteiger partial charge in [-0.05, 0) is 24.8 Å². The molecule has 0 bridgehead atoms. The van der Waals surface area contributed by atoms with Crippen molar-refractivity contribution in [3.8, 4) is 0 Å². The Bertz CT molecular complexity index is 638. The number of carboxylic acid groups (broad SMARTS) is 1. The molecule has 2 aliphatic heterocycles. The first kappa shape index (κ1) is 17.5. The molecule has 2 fully saturated rings. The number of amides is 2. The van der Waals surface area contributed by atoms with E-state index in [4.69, 9.17) is 5.11 Å². The Morgan fingerprint density at radius 2 is 1.76 bits per heavy atom. The lowest BCUT2D eigenvalue weighted by atomic mass is 9.95.